The van der Waals surface area contributed by atoms with Gasteiger partial charge in [0.05, 0.1) is 7.11 Å². The van der Waals surface area contributed by atoms with Crippen molar-refractivity contribution in [2.75, 3.05) is 7.11 Å². The van der Waals surface area contributed by atoms with Gasteiger partial charge in [-0.2, -0.15) is 0 Å². The number of H-pyrrole nitrogens is 1. The van der Waals surface area contributed by atoms with Gasteiger partial charge in [-0.05, 0) is 37.8 Å². The van der Waals surface area contributed by atoms with E-state index in [1.807, 2.05) is 24.3 Å². The summed E-state index contributed by atoms with van der Waals surface area (Å²) >= 11 is 0. The zero-order chi connectivity index (χ0) is 13.7. The highest BCUT2D eigenvalue weighted by Crippen LogP contribution is 2.19. The number of aromatic amines is 1. The summed E-state index contributed by atoms with van der Waals surface area (Å²) in [6, 6.07) is 7.77. The van der Waals surface area contributed by atoms with Crippen LogP contribution in [-0.4, -0.2) is 18.6 Å². The molecule has 100 valence electrons. The second kappa shape index (κ2) is 6.18. The van der Waals surface area contributed by atoms with Gasteiger partial charge in [0.25, 0.3) is 6.47 Å². The van der Waals surface area contributed by atoms with Crippen LogP contribution in [0.2, 0.25) is 0 Å². The number of carbonyl (C=O) groups is 1. The van der Waals surface area contributed by atoms with Crippen LogP contribution in [0.15, 0.2) is 29.1 Å². The standard InChI is InChI=1S/C13H13NO.C2H4O2/c15-13-9-5-1-3-7-11(9)14-12-8-4-2-6-10(12)13;1-4-2-3/h1,3,5,7H,2,4,6,8H2,(H,14,15);2H,1H3. The molecule has 0 amide bonds. The Morgan fingerprint density at radius 3 is 2.63 bits per heavy atom. The molecule has 0 bridgehead atoms. The molecular formula is C15H17NO3. The third-order valence-electron chi connectivity index (χ3n) is 3.30. The van der Waals surface area contributed by atoms with Crippen LogP contribution in [0.25, 0.3) is 10.9 Å². The van der Waals surface area contributed by atoms with Crippen LogP contribution in [0.1, 0.15) is 24.1 Å². The van der Waals surface area contributed by atoms with Gasteiger partial charge in [-0.1, -0.05) is 12.1 Å². The fraction of sp³-hybridized carbons (Fsp3) is 0.333. The van der Waals surface area contributed by atoms with Gasteiger partial charge in [0, 0.05) is 22.2 Å². The summed E-state index contributed by atoms with van der Waals surface area (Å²) in [5.74, 6) is 0. The molecule has 0 spiro atoms. The van der Waals surface area contributed by atoms with E-state index < -0.39 is 0 Å². The smallest absolute Gasteiger partial charge is 0.292 e. The topological polar surface area (TPSA) is 59.2 Å². The van der Waals surface area contributed by atoms with Crippen molar-refractivity contribution in [2.24, 2.45) is 0 Å². The van der Waals surface area contributed by atoms with Crippen LogP contribution in [-0.2, 0) is 22.4 Å². The molecule has 1 heterocycles. The van der Waals surface area contributed by atoms with Gasteiger partial charge in [-0.3, -0.25) is 9.59 Å². The lowest BCUT2D eigenvalue weighted by Gasteiger charge is -2.15. The van der Waals surface area contributed by atoms with Gasteiger partial charge in [-0.15, -0.1) is 0 Å². The average molecular weight is 259 g/mol. The highest BCUT2D eigenvalue weighted by molar-refractivity contribution is 5.79. The average Bonchev–Trinajstić information content (AvgIpc) is 2.48. The van der Waals surface area contributed by atoms with E-state index in [1.54, 1.807) is 0 Å². The summed E-state index contributed by atoms with van der Waals surface area (Å²) < 4.78 is 3.86. The van der Waals surface area contributed by atoms with Crippen molar-refractivity contribution in [1.29, 1.82) is 0 Å². The fourth-order valence-electron chi connectivity index (χ4n) is 2.41. The van der Waals surface area contributed by atoms with Crippen LogP contribution in [0.4, 0.5) is 0 Å². The predicted octanol–water partition coefficient (Wildman–Crippen LogP) is 2.20. The second-order valence-electron chi connectivity index (χ2n) is 4.50. The largest absolute Gasteiger partial charge is 0.471 e. The third-order valence-corrected chi connectivity index (χ3v) is 3.30. The molecule has 0 unspecified atom stereocenters. The molecule has 1 aliphatic rings. The van der Waals surface area contributed by atoms with E-state index in [-0.39, 0.29) is 5.43 Å². The normalized spacial score (nSPS) is 13.1. The van der Waals surface area contributed by atoms with E-state index in [1.165, 1.54) is 13.5 Å². The summed E-state index contributed by atoms with van der Waals surface area (Å²) in [5.41, 5.74) is 3.38. The monoisotopic (exact) mass is 259 g/mol. The van der Waals surface area contributed by atoms with E-state index in [0.29, 0.717) is 6.47 Å². The van der Waals surface area contributed by atoms with E-state index in [2.05, 4.69) is 9.72 Å². The van der Waals surface area contributed by atoms with Gasteiger partial charge in [-0.25, -0.2) is 0 Å². The number of pyridine rings is 1. The number of aryl methyl sites for hydroxylation is 1. The Bertz CT molecular complexity index is 631. The maximum atomic E-state index is 12.2. The molecule has 0 aliphatic heterocycles. The lowest BCUT2D eigenvalue weighted by Crippen LogP contribution is -2.18. The summed E-state index contributed by atoms with van der Waals surface area (Å²) in [5, 5.41) is 0.832. The molecule has 0 radical (unpaired) electrons. The van der Waals surface area contributed by atoms with Gasteiger partial charge in [0.1, 0.15) is 0 Å². The molecule has 0 saturated heterocycles. The third kappa shape index (κ3) is 2.84. The number of ether oxygens (including phenoxy) is 1. The molecule has 2 aromatic rings. The molecule has 1 aromatic carbocycles. The highest BCUT2D eigenvalue weighted by atomic mass is 16.5. The number of benzene rings is 1. The van der Waals surface area contributed by atoms with E-state index in [9.17, 15) is 4.79 Å². The van der Waals surface area contributed by atoms with Crippen LogP contribution >= 0.6 is 0 Å². The first kappa shape index (κ1) is 13.3. The number of nitrogens with one attached hydrogen (secondary N) is 1. The molecule has 0 saturated carbocycles. The van der Waals surface area contributed by atoms with Crippen molar-refractivity contribution >= 4 is 17.4 Å². The van der Waals surface area contributed by atoms with Crippen molar-refractivity contribution in [3.05, 3.63) is 45.7 Å². The molecule has 1 N–H and O–H groups in total. The first-order valence-corrected chi connectivity index (χ1v) is 6.37. The van der Waals surface area contributed by atoms with Crippen LogP contribution < -0.4 is 5.43 Å². The molecule has 4 heteroatoms. The molecule has 1 aliphatic carbocycles. The van der Waals surface area contributed by atoms with Gasteiger partial charge in [0.2, 0.25) is 0 Å². The van der Waals surface area contributed by atoms with E-state index >= 15 is 0 Å². The molecule has 3 rings (SSSR count). The minimum absolute atomic E-state index is 0.235. The number of aromatic nitrogens is 1. The number of rotatable bonds is 1. The van der Waals surface area contributed by atoms with Crippen molar-refractivity contribution in [1.82, 2.24) is 4.98 Å². The molecular weight excluding hydrogens is 242 g/mol. The Balaban J connectivity index is 0.000000297. The molecule has 19 heavy (non-hydrogen) atoms. The maximum Gasteiger partial charge on any atom is 0.292 e. The lowest BCUT2D eigenvalue weighted by molar-refractivity contribution is -0.126. The molecule has 0 atom stereocenters. The predicted molar refractivity (Wildman–Crippen MR) is 74.3 cm³/mol. The second-order valence-corrected chi connectivity index (χ2v) is 4.50. The number of carbonyl (C=O) groups excluding carboxylic acids is 1. The Morgan fingerprint density at radius 1 is 1.21 bits per heavy atom. The number of methoxy groups -OCH3 is 1. The summed E-state index contributed by atoms with van der Waals surface area (Å²) in [6.07, 6.45) is 4.31. The summed E-state index contributed by atoms with van der Waals surface area (Å²) in [4.78, 5) is 24.5. The Labute approximate surface area is 111 Å². The molecule has 1 aromatic heterocycles. The summed E-state index contributed by atoms with van der Waals surface area (Å²) in [7, 11) is 1.31. The van der Waals surface area contributed by atoms with Crippen molar-refractivity contribution in [3.63, 3.8) is 0 Å². The zero-order valence-electron chi connectivity index (χ0n) is 10.9. The maximum absolute atomic E-state index is 12.2. The number of hydrogen-bond acceptors (Lipinski definition) is 3. The van der Waals surface area contributed by atoms with Gasteiger partial charge < -0.3 is 9.72 Å². The van der Waals surface area contributed by atoms with Gasteiger partial charge in [0.15, 0.2) is 5.43 Å². The highest BCUT2D eigenvalue weighted by Gasteiger charge is 2.14. The first-order chi connectivity index (χ1) is 9.27. The van der Waals surface area contributed by atoms with E-state index in [0.717, 1.165) is 41.4 Å². The first-order valence-electron chi connectivity index (χ1n) is 6.37. The number of fused-ring (bicyclic) bond motifs is 2. The Kier molecular flexibility index (Phi) is 4.34. The van der Waals surface area contributed by atoms with Crippen LogP contribution in [0.5, 0.6) is 0 Å². The number of hydrogen-bond donors (Lipinski definition) is 1. The number of para-hydroxylation sites is 1. The molecule has 0 fully saturated rings. The minimum Gasteiger partial charge on any atom is -0.471 e. The van der Waals surface area contributed by atoms with Crippen molar-refractivity contribution in [2.45, 2.75) is 25.7 Å². The van der Waals surface area contributed by atoms with Gasteiger partial charge >= 0.3 is 0 Å². The Hall–Kier alpha value is -2.10. The molecule has 4 nitrogen and oxygen atoms in total. The Morgan fingerprint density at radius 2 is 1.89 bits per heavy atom. The summed E-state index contributed by atoms with van der Waals surface area (Å²) in [6.45, 7) is 0.375. The van der Waals surface area contributed by atoms with Crippen LogP contribution in [0.3, 0.4) is 0 Å². The van der Waals surface area contributed by atoms with E-state index in [4.69, 9.17) is 4.79 Å². The van der Waals surface area contributed by atoms with Crippen molar-refractivity contribution < 1.29 is 9.53 Å². The SMILES string of the molecule is COC=O.O=c1c2c([nH]c3ccccc13)CCCC2. The zero-order valence-corrected chi connectivity index (χ0v) is 10.9. The lowest BCUT2D eigenvalue weighted by atomic mass is 9.94. The van der Waals surface area contributed by atoms with Crippen LogP contribution in [0, 0.1) is 0 Å². The quantitative estimate of drug-likeness (QED) is 0.799. The fourth-order valence-corrected chi connectivity index (χ4v) is 2.41. The minimum atomic E-state index is 0.235. The van der Waals surface area contributed by atoms with Crippen molar-refractivity contribution in [3.8, 4) is 0 Å².